The third-order valence-electron chi connectivity index (χ3n) is 5.94. The molecule has 1 aliphatic heterocycles. The molecule has 3 N–H and O–H groups in total. The van der Waals surface area contributed by atoms with E-state index in [1.165, 1.54) is 6.07 Å². The molecule has 0 aliphatic carbocycles. The molecular formula is C24H26F4N4O4. The van der Waals surface area contributed by atoms with Gasteiger partial charge in [-0.2, -0.15) is 13.2 Å². The Morgan fingerprint density at radius 2 is 1.78 bits per heavy atom. The van der Waals surface area contributed by atoms with Crippen molar-refractivity contribution >= 4 is 22.9 Å². The van der Waals surface area contributed by atoms with Crippen molar-refractivity contribution in [2.24, 2.45) is 0 Å². The number of carbonyl (C=O) groups excluding carboxylic acids is 1. The average molecular weight is 510 g/mol. The predicted molar refractivity (Wildman–Crippen MR) is 124 cm³/mol. The summed E-state index contributed by atoms with van der Waals surface area (Å²) in [6.45, 7) is 4.64. The van der Waals surface area contributed by atoms with E-state index >= 15 is 0 Å². The number of rotatable bonds is 5. The van der Waals surface area contributed by atoms with Crippen molar-refractivity contribution in [3.05, 3.63) is 69.9 Å². The number of para-hydroxylation sites is 2. The highest BCUT2D eigenvalue weighted by Crippen LogP contribution is 2.24. The zero-order valence-corrected chi connectivity index (χ0v) is 19.4. The smallest absolute Gasteiger partial charge is 0.475 e. The summed E-state index contributed by atoms with van der Waals surface area (Å²) >= 11 is 0. The molecule has 2 heterocycles. The molecule has 1 fully saturated rings. The number of benzene rings is 2. The summed E-state index contributed by atoms with van der Waals surface area (Å²) in [5, 5.41) is 9.98. The van der Waals surface area contributed by atoms with Gasteiger partial charge in [0.2, 0.25) is 0 Å². The lowest BCUT2D eigenvalue weighted by molar-refractivity contribution is -0.192. The topological polar surface area (TPSA) is 107 Å². The summed E-state index contributed by atoms with van der Waals surface area (Å²) in [5.74, 6) is -3.39. The minimum absolute atomic E-state index is 0.0535. The van der Waals surface area contributed by atoms with Gasteiger partial charge < -0.3 is 20.3 Å². The van der Waals surface area contributed by atoms with E-state index in [1.54, 1.807) is 19.1 Å². The normalized spacial score (nSPS) is 14.8. The number of piperidine rings is 1. The van der Waals surface area contributed by atoms with Crippen molar-refractivity contribution in [2.45, 2.75) is 32.0 Å². The van der Waals surface area contributed by atoms with Gasteiger partial charge >= 0.3 is 17.8 Å². The lowest BCUT2D eigenvalue weighted by Crippen LogP contribution is -2.41. The molecule has 0 bridgehead atoms. The van der Waals surface area contributed by atoms with Gasteiger partial charge in [-0.1, -0.05) is 18.2 Å². The summed E-state index contributed by atoms with van der Waals surface area (Å²) in [6.07, 6.45) is -3.31. The van der Waals surface area contributed by atoms with Gasteiger partial charge in [0, 0.05) is 37.8 Å². The van der Waals surface area contributed by atoms with Gasteiger partial charge in [0.1, 0.15) is 5.82 Å². The van der Waals surface area contributed by atoms with Gasteiger partial charge in [-0.15, -0.1) is 0 Å². The van der Waals surface area contributed by atoms with E-state index in [9.17, 15) is 27.2 Å². The van der Waals surface area contributed by atoms with Crippen molar-refractivity contribution in [3.8, 4) is 0 Å². The number of hydrogen-bond donors (Lipinski definition) is 3. The number of aromatic nitrogens is 2. The number of carboxylic acids is 1. The van der Waals surface area contributed by atoms with Crippen LogP contribution in [0.25, 0.3) is 11.0 Å². The third-order valence-corrected chi connectivity index (χ3v) is 5.94. The number of carboxylic acid groups (broad SMARTS) is 1. The second-order valence-electron chi connectivity index (χ2n) is 8.41. The first-order valence-electron chi connectivity index (χ1n) is 11.2. The number of H-pyrrole nitrogens is 1. The molecule has 36 heavy (non-hydrogen) atoms. The largest absolute Gasteiger partial charge is 0.490 e. The number of fused-ring (bicyclic) bond motifs is 1. The predicted octanol–water partition coefficient (Wildman–Crippen LogP) is 3.48. The lowest BCUT2D eigenvalue weighted by atomic mass is 10.0. The fourth-order valence-electron chi connectivity index (χ4n) is 4.00. The second-order valence-corrected chi connectivity index (χ2v) is 8.41. The first-order chi connectivity index (χ1) is 17.0. The van der Waals surface area contributed by atoms with Crippen LogP contribution in [-0.2, 0) is 4.79 Å². The van der Waals surface area contributed by atoms with Crippen LogP contribution in [0.4, 0.5) is 17.6 Å². The van der Waals surface area contributed by atoms with E-state index in [-0.39, 0.29) is 23.5 Å². The van der Waals surface area contributed by atoms with Crippen LogP contribution >= 0.6 is 0 Å². The van der Waals surface area contributed by atoms with Crippen molar-refractivity contribution < 1.29 is 32.3 Å². The van der Waals surface area contributed by atoms with Crippen molar-refractivity contribution in [2.75, 3.05) is 26.2 Å². The molecule has 0 radical (unpaired) electrons. The zero-order chi connectivity index (χ0) is 26.5. The van der Waals surface area contributed by atoms with E-state index in [2.05, 4.69) is 15.2 Å². The molecule has 0 unspecified atom stereocenters. The van der Waals surface area contributed by atoms with Gasteiger partial charge in [-0.05, 0) is 49.6 Å². The molecule has 0 spiro atoms. The van der Waals surface area contributed by atoms with Crippen LogP contribution in [0, 0.1) is 12.7 Å². The zero-order valence-electron chi connectivity index (χ0n) is 19.4. The molecular weight excluding hydrogens is 484 g/mol. The first-order valence-corrected chi connectivity index (χ1v) is 11.2. The van der Waals surface area contributed by atoms with E-state index in [4.69, 9.17) is 9.90 Å². The summed E-state index contributed by atoms with van der Waals surface area (Å²) in [5.41, 5.74) is 2.63. The monoisotopic (exact) mass is 510 g/mol. The van der Waals surface area contributed by atoms with Crippen LogP contribution in [-0.4, -0.2) is 63.8 Å². The maximum atomic E-state index is 13.6. The highest BCUT2D eigenvalue weighted by Gasteiger charge is 2.38. The summed E-state index contributed by atoms with van der Waals surface area (Å²) in [7, 11) is 0. The Bertz CT molecular complexity index is 1280. The highest BCUT2D eigenvalue weighted by molar-refractivity contribution is 5.94. The van der Waals surface area contributed by atoms with Crippen LogP contribution in [0.15, 0.2) is 47.3 Å². The van der Waals surface area contributed by atoms with E-state index < -0.39 is 12.1 Å². The van der Waals surface area contributed by atoms with Crippen molar-refractivity contribution in [1.82, 2.24) is 19.8 Å². The standard InChI is InChI=1S/C22H25FN4O2.C2HF3O2/c1-15-6-7-16(14-18(15)23)21(28)24-10-13-26-11-8-17(9-12-26)27-20-5-3-2-4-19(20)25-22(27)29;3-2(4,5)1(6)7/h2-7,14,17H,8-13H2,1H3,(H,24,28)(H,25,29);(H,6,7). The molecule has 8 nitrogen and oxygen atoms in total. The average Bonchev–Trinajstić information content (AvgIpc) is 3.16. The van der Waals surface area contributed by atoms with Gasteiger partial charge in [0.25, 0.3) is 5.91 Å². The van der Waals surface area contributed by atoms with Gasteiger partial charge in [0.05, 0.1) is 11.0 Å². The Morgan fingerprint density at radius 1 is 1.14 bits per heavy atom. The molecule has 1 amide bonds. The number of imidazole rings is 1. The molecule has 194 valence electrons. The molecule has 12 heteroatoms. The first kappa shape index (κ1) is 26.9. The van der Waals surface area contributed by atoms with E-state index in [1.807, 2.05) is 28.8 Å². The summed E-state index contributed by atoms with van der Waals surface area (Å²) < 4.78 is 47.2. The number of alkyl halides is 3. The van der Waals surface area contributed by atoms with Crippen LogP contribution in [0.2, 0.25) is 0 Å². The fourth-order valence-corrected chi connectivity index (χ4v) is 4.00. The summed E-state index contributed by atoms with van der Waals surface area (Å²) in [6, 6.07) is 12.5. The molecule has 2 aromatic carbocycles. The lowest BCUT2D eigenvalue weighted by Gasteiger charge is -2.32. The number of nitrogens with zero attached hydrogens (tertiary/aromatic N) is 2. The Labute approximate surface area is 203 Å². The molecule has 3 aromatic rings. The van der Waals surface area contributed by atoms with Crippen LogP contribution in [0.1, 0.15) is 34.8 Å². The number of aryl methyl sites for hydroxylation is 1. The molecule has 4 rings (SSSR count). The Kier molecular flexibility index (Phi) is 8.51. The number of likely N-dealkylation sites (tertiary alicyclic amines) is 1. The minimum Gasteiger partial charge on any atom is -0.475 e. The van der Waals surface area contributed by atoms with Crippen LogP contribution in [0.3, 0.4) is 0 Å². The Morgan fingerprint density at radius 3 is 2.39 bits per heavy atom. The molecule has 0 atom stereocenters. The van der Waals surface area contributed by atoms with Gasteiger partial charge in [0.15, 0.2) is 0 Å². The maximum Gasteiger partial charge on any atom is 0.490 e. The molecule has 1 aliphatic rings. The number of hydrogen-bond acceptors (Lipinski definition) is 4. The van der Waals surface area contributed by atoms with E-state index in [0.29, 0.717) is 17.7 Å². The van der Waals surface area contributed by atoms with Crippen LogP contribution < -0.4 is 11.0 Å². The number of halogens is 4. The third kappa shape index (κ3) is 6.72. The molecule has 1 aromatic heterocycles. The number of nitrogens with one attached hydrogen (secondary N) is 2. The Balaban J connectivity index is 0.000000454. The summed E-state index contributed by atoms with van der Waals surface area (Å²) in [4.78, 5) is 38.7. The number of amides is 1. The molecule has 0 saturated carbocycles. The second kappa shape index (κ2) is 11.4. The SMILES string of the molecule is Cc1ccc(C(=O)NCCN2CCC(n3c(=O)[nH]c4ccccc43)CC2)cc1F.O=C(O)C(F)(F)F. The minimum atomic E-state index is -5.08. The number of carbonyl (C=O) groups is 2. The Hall–Kier alpha value is -3.67. The van der Waals surface area contributed by atoms with Crippen molar-refractivity contribution in [3.63, 3.8) is 0 Å². The fraction of sp³-hybridized carbons (Fsp3) is 0.375. The van der Waals surface area contributed by atoms with Crippen LogP contribution in [0.5, 0.6) is 0 Å². The number of aromatic amines is 1. The maximum absolute atomic E-state index is 13.6. The van der Waals surface area contributed by atoms with E-state index in [0.717, 1.165) is 43.5 Å². The van der Waals surface area contributed by atoms with Gasteiger partial charge in [-0.25, -0.2) is 14.0 Å². The quantitative estimate of drug-likeness (QED) is 0.456. The molecule has 1 saturated heterocycles. The van der Waals surface area contributed by atoms with Gasteiger partial charge in [-0.3, -0.25) is 9.36 Å². The number of aliphatic carboxylic acids is 1. The van der Waals surface area contributed by atoms with Crippen molar-refractivity contribution in [1.29, 1.82) is 0 Å². The highest BCUT2D eigenvalue weighted by atomic mass is 19.4.